The van der Waals surface area contributed by atoms with Gasteiger partial charge in [0, 0.05) is 55.5 Å². The maximum Gasteiger partial charge on any atom is 0.404 e. The minimum Gasteiger partial charge on any atom is -0.446 e. The molecule has 0 unspecified atom stereocenters. The van der Waals surface area contributed by atoms with Crippen LogP contribution in [0, 0.1) is 5.92 Å². The Hall–Kier alpha value is -3.76. The summed E-state index contributed by atoms with van der Waals surface area (Å²) in [5.41, 5.74) is 9.60. The van der Waals surface area contributed by atoms with Crippen LogP contribution < -0.4 is 16.4 Å². The molecule has 2 heterocycles. The molecule has 2 aliphatic heterocycles. The first-order valence-electron chi connectivity index (χ1n) is 15.7. The van der Waals surface area contributed by atoms with Crippen molar-refractivity contribution in [3.63, 3.8) is 0 Å². The molecule has 4 N–H and O–H groups in total. The van der Waals surface area contributed by atoms with E-state index in [0.717, 1.165) is 87.3 Å². The fraction of sp³-hybridized carbons (Fsp3) is 0.400. The number of piperidine rings is 2. The van der Waals surface area contributed by atoms with Gasteiger partial charge in [0.1, 0.15) is 6.10 Å². The van der Waals surface area contributed by atoms with Crippen LogP contribution >= 0.6 is 11.6 Å². The highest BCUT2D eigenvalue weighted by atomic mass is 35.5. The normalized spacial score (nSPS) is 16.7. The molecule has 2 aliphatic rings. The third-order valence-electron chi connectivity index (χ3n) is 8.68. The number of carbonyl (C=O) groups is 3. The lowest BCUT2D eigenvalue weighted by Gasteiger charge is -2.31. The summed E-state index contributed by atoms with van der Waals surface area (Å²) in [6.07, 6.45) is 2.28. The van der Waals surface area contributed by atoms with Crippen LogP contribution in [0.15, 0.2) is 72.8 Å². The van der Waals surface area contributed by atoms with Gasteiger partial charge in [-0.2, -0.15) is 0 Å². The van der Waals surface area contributed by atoms with Crippen molar-refractivity contribution >= 4 is 35.1 Å². The Bertz CT molecular complexity index is 1450. The lowest BCUT2D eigenvalue weighted by molar-refractivity contribution is -0.121. The number of amides is 2. The van der Waals surface area contributed by atoms with Crippen LogP contribution in [0.3, 0.4) is 0 Å². The summed E-state index contributed by atoms with van der Waals surface area (Å²) in [5.74, 6) is -0.0125. The molecule has 45 heavy (non-hydrogen) atoms. The molecule has 0 spiro atoms. The Morgan fingerprint density at radius 3 is 2.27 bits per heavy atom. The second-order valence-electron chi connectivity index (χ2n) is 11.8. The van der Waals surface area contributed by atoms with Gasteiger partial charge in [0.15, 0.2) is 5.78 Å². The van der Waals surface area contributed by atoms with E-state index < -0.39 is 6.09 Å². The van der Waals surface area contributed by atoms with Crippen LogP contribution in [-0.2, 0) is 16.1 Å². The van der Waals surface area contributed by atoms with Gasteiger partial charge in [-0.05, 0) is 68.1 Å². The van der Waals surface area contributed by atoms with E-state index in [2.05, 4.69) is 32.6 Å². The highest BCUT2D eigenvalue weighted by Crippen LogP contribution is 2.29. The SMILES string of the molecule is NC(=O)OC1CCN(CCNCC(=O)c2ccc(CN3CCC(C(=O)Nc4ccccc4-c4ccccc4)CC3)cc2Cl)CC1. The fourth-order valence-corrected chi connectivity index (χ4v) is 6.45. The van der Waals surface area contributed by atoms with Crippen molar-refractivity contribution in [1.82, 2.24) is 15.1 Å². The van der Waals surface area contributed by atoms with Gasteiger partial charge < -0.3 is 26.0 Å². The minimum atomic E-state index is -0.719. The number of hydrogen-bond acceptors (Lipinski definition) is 7. The van der Waals surface area contributed by atoms with Crippen molar-refractivity contribution in [2.24, 2.45) is 11.7 Å². The topological polar surface area (TPSA) is 117 Å². The summed E-state index contributed by atoms with van der Waals surface area (Å²) in [6, 6.07) is 23.7. The maximum atomic E-state index is 13.2. The van der Waals surface area contributed by atoms with E-state index in [1.165, 1.54) is 0 Å². The monoisotopic (exact) mass is 631 g/mol. The van der Waals surface area contributed by atoms with Gasteiger partial charge in [-0.1, -0.05) is 66.2 Å². The van der Waals surface area contributed by atoms with E-state index in [-0.39, 0.29) is 30.3 Å². The number of primary amides is 1. The first-order chi connectivity index (χ1) is 21.9. The number of ketones is 1. The summed E-state index contributed by atoms with van der Waals surface area (Å²) in [4.78, 5) is 41.5. The summed E-state index contributed by atoms with van der Waals surface area (Å²) in [7, 11) is 0. The standard InChI is InChI=1S/C35H42ClN5O4/c36-31-22-25(10-11-30(31)33(42)23-38-16-21-40-19-14-28(15-20-40)45-35(37)44)24-41-17-12-27(13-18-41)34(43)39-32-9-5-4-8-29(32)26-6-2-1-3-7-26/h1-11,22,27-28,38H,12-21,23-24H2,(H2,37,44)(H,39,43). The largest absolute Gasteiger partial charge is 0.446 e. The minimum absolute atomic E-state index is 0.0381. The number of anilines is 1. The number of para-hydroxylation sites is 1. The van der Waals surface area contributed by atoms with Crippen molar-refractivity contribution < 1.29 is 19.1 Å². The second-order valence-corrected chi connectivity index (χ2v) is 12.3. The average molecular weight is 632 g/mol. The quantitative estimate of drug-likeness (QED) is 0.186. The zero-order valence-corrected chi connectivity index (χ0v) is 26.3. The summed E-state index contributed by atoms with van der Waals surface area (Å²) < 4.78 is 5.08. The molecule has 3 aromatic carbocycles. The number of nitrogens with two attached hydrogens (primary N) is 1. The summed E-state index contributed by atoms with van der Waals surface area (Å²) in [6.45, 7) is 5.71. The number of nitrogens with zero attached hydrogens (tertiary/aromatic N) is 2. The van der Waals surface area contributed by atoms with Crippen molar-refractivity contribution in [1.29, 1.82) is 0 Å². The predicted molar refractivity (Wildman–Crippen MR) is 177 cm³/mol. The predicted octanol–water partition coefficient (Wildman–Crippen LogP) is 5.19. The van der Waals surface area contributed by atoms with Gasteiger partial charge in [0.25, 0.3) is 0 Å². The Morgan fingerprint density at radius 1 is 0.867 bits per heavy atom. The van der Waals surface area contributed by atoms with E-state index in [1.54, 1.807) is 0 Å². The summed E-state index contributed by atoms with van der Waals surface area (Å²) in [5, 5.41) is 6.86. The lowest BCUT2D eigenvalue weighted by atomic mass is 9.95. The molecule has 2 fully saturated rings. The first kappa shape index (κ1) is 32.6. The number of hydrogen-bond donors (Lipinski definition) is 3. The van der Waals surface area contributed by atoms with Crippen LogP contribution in [0.2, 0.25) is 5.02 Å². The van der Waals surface area contributed by atoms with Gasteiger partial charge in [0.2, 0.25) is 5.91 Å². The molecule has 238 valence electrons. The molecule has 0 aromatic heterocycles. The van der Waals surface area contributed by atoms with Gasteiger partial charge in [-0.3, -0.25) is 14.5 Å². The van der Waals surface area contributed by atoms with Crippen LogP contribution in [0.1, 0.15) is 41.6 Å². The van der Waals surface area contributed by atoms with E-state index in [1.807, 2.05) is 60.7 Å². The summed E-state index contributed by atoms with van der Waals surface area (Å²) >= 11 is 6.55. The van der Waals surface area contributed by atoms with E-state index in [9.17, 15) is 14.4 Å². The Kier molecular flexibility index (Phi) is 11.6. The van der Waals surface area contributed by atoms with Crippen molar-refractivity contribution in [3.8, 4) is 11.1 Å². The highest BCUT2D eigenvalue weighted by molar-refractivity contribution is 6.34. The molecule has 5 rings (SSSR count). The van der Waals surface area contributed by atoms with Crippen molar-refractivity contribution in [2.75, 3.05) is 51.1 Å². The average Bonchev–Trinajstić information content (AvgIpc) is 3.04. The maximum absolute atomic E-state index is 13.2. The molecular weight excluding hydrogens is 590 g/mol. The molecular formula is C35H42ClN5O4. The van der Waals surface area contributed by atoms with E-state index >= 15 is 0 Å². The molecule has 3 aromatic rings. The molecule has 10 heteroatoms. The van der Waals surface area contributed by atoms with E-state index in [4.69, 9.17) is 22.1 Å². The number of nitrogens with one attached hydrogen (secondary N) is 2. The molecule has 0 radical (unpaired) electrons. The number of rotatable bonds is 12. The molecule has 9 nitrogen and oxygen atoms in total. The first-order valence-corrected chi connectivity index (χ1v) is 16.1. The van der Waals surface area contributed by atoms with Gasteiger partial charge in [-0.15, -0.1) is 0 Å². The Balaban J connectivity index is 1.03. The Labute approximate surface area is 270 Å². The van der Waals surface area contributed by atoms with Crippen LogP contribution in [0.25, 0.3) is 11.1 Å². The van der Waals surface area contributed by atoms with Crippen LogP contribution in [0.5, 0.6) is 0 Å². The molecule has 2 saturated heterocycles. The van der Waals surface area contributed by atoms with Gasteiger partial charge in [0.05, 0.1) is 11.6 Å². The second kappa shape index (κ2) is 16.0. The smallest absolute Gasteiger partial charge is 0.404 e. The Morgan fingerprint density at radius 2 is 1.56 bits per heavy atom. The lowest BCUT2D eigenvalue weighted by Crippen LogP contribution is -2.42. The molecule has 0 aliphatic carbocycles. The highest BCUT2D eigenvalue weighted by Gasteiger charge is 2.26. The molecule has 0 bridgehead atoms. The van der Waals surface area contributed by atoms with Crippen LogP contribution in [-0.4, -0.2) is 79.5 Å². The zero-order chi connectivity index (χ0) is 31.6. The number of likely N-dealkylation sites (tertiary alicyclic amines) is 2. The van der Waals surface area contributed by atoms with Crippen molar-refractivity contribution in [2.45, 2.75) is 38.3 Å². The van der Waals surface area contributed by atoms with Gasteiger partial charge in [-0.25, -0.2) is 4.79 Å². The fourth-order valence-electron chi connectivity index (χ4n) is 6.14. The number of carbonyl (C=O) groups excluding carboxylic acids is 3. The number of halogens is 1. The number of ether oxygens (including phenoxy) is 1. The van der Waals surface area contributed by atoms with E-state index in [0.29, 0.717) is 17.1 Å². The third-order valence-corrected chi connectivity index (χ3v) is 8.99. The van der Waals surface area contributed by atoms with Gasteiger partial charge >= 0.3 is 6.09 Å². The molecule has 2 amide bonds. The zero-order valence-electron chi connectivity index (χ0n) is 25.6. The third kappa shape index (κ3) is 9.37. The van der Waals surface area contributed by atoms with Crippen molar-refractivity contribution in [3.05, 3.63) is 88.9 Å². The van der Waals surface area contributed by atoms with Crippen LogP contribution in [0.4, 0.5) is 10.5 Å². The molecule has 0 atom stereocenters. The number of benzene rings is 3. The molecule has 0 saturated carbocycles. The number of Topliss-reactive ketones (excluding diaryl/α,β-unsaturated/α-hetero) is 1.